The maximum atomic E-state index is 14.2. The number of halogens is 3. The lowest BCUT2D eigenvalue weighted by atomic mass is 9.97. The molecule has 0 amide bonds. The molecular weight excluding hydrogens is 485 g/mol. The van der Waals surface area contributed by atoms with Crippen LogP contribution in [0, 0.1) is 6.92 Å². The van der Waals surface area contributed by atoms with E-state index in [-0.39, 0.29) is 28.5 Å². The van der Waals surface area contributed by atoms with Gasteiger partial charge in [-0.05, 0) is 60.9 Å². The van der Waals surface area contributed by atoms with Crippen LogP contribution >= 0.6 is 0 Å². The number of allylic oxidation sites excluding steroid dienone is 1. The number of nitrogens with zero attached hydrogens (tertiary/aromatic N) is 1. The Hall–Kier alpha value is -4.40. The fourth-order valence-corrected chi connectivity index (χ4v) is 4.70. The van der Waals surface area contributed by atoms with Crippen LogP contribution in [0.25, 0.3) is 22.6 Å². The Morgan fingerprint density at radius 2 is 1.95 bits per heavy atom. The Bertz CT molecular complexity index is 1650. The van der Waals surface area contributed by atoms with Crippen LogP contribution in [-0.4, -0.2) is 16.1 Å². The molecule has 9 heteroatoms. The topological polar surface area (TPSA) is 92.4 Å². The summed E-state index contributed by atoms with van der Waals surface area (Å²) in [5, 5.41) is 12.4. The largest absolute Gasteiger partial charge is 0.478 e. The van der Waals surface area contributed by atoms with Gasteiger partial charge in [0.2, 0.25) is 5.43 Å². The molecule has 0 fully saturated rings. The van der Waals surface area contributed by atoms with Crippen molar-refractivity contribution in [3.05, 3.63) is 104 Å². The molecular formula is C28H21F3N2O4. The second-order valence-corrected chi connectivity index (χ2v) is 9.00. The number of carboxylic acids is 1. The Labute approximate surface area is 209 Å². The number of alkyl halides is 3. The van der Waals surface area contributed by atoms with E-state index >= 15 is 0 Å². The zero-order chi connectivity index (χ0) is 26.5. The lowest BCUT2D eigenvalue weighted by Crippen LogP contribution is -2.23. The smallest absolute Gasteiger partial charge is 0.423 e. The minimum absolute atomic E-state index is 0.0152. The average molecular weight is 506 g/mol. The van der Waals surface area contributed by atoms with Crippen LogP contribution in [0.15, 0.2) is 64.1 Å². The van der Waals surface area contributed by atoms with Crippen molar-refractivity contribution in [3.8, 4) is 0 Å². The molecule has 1 atom stereocenters. The third-order valence-electron chi connectivity index (χ3n) is 6.39. The molecule has 5 rings (SSSR count). The zero-order valence-corrected chi connectivity index (χ0v) is 19.8. The zero-order valence-electron chi connectivity index (χ0n) is 19.8. The number of hydrogen-bond donors (Lipinski definition) is 2. The van der Waals surface area contributed by atoms with Crippen LogP contribution in [0.5, 0.6) is 0 Å². The van der Waals surface area contributed by atoms with Gasteiger partial charge in [0, 0.05) is 35.6 Å². The molecule has 6 nitrogen and oxygen atoms in total. The first-order valence-electron chi connectivity index (χ1n) is 11.5. The van der Waals surface area contributed by atoms with E-state index in [2.05, 4.69) is 10.3 Å². The summed E-state index contributed by atoms with van der Waals surface area (Å²) in [5.74, 6) is -1.65. The van der Waals surface area contributed by atoms with E-state index in [0.717, 1.165) is 5.56 Å². The van der Waals surface area contributed by atoms with Crippen molar-refractivity contribution >= 4 is 34.3 Å². The van der Waals surface area contributed by atoms with Gasteiger partial charge in [-0.3, -0.25) is 9.78 Å². The predicted octanol–water partition coefficient (Wildman–Crippen LogP) is 6.48. The van der Waals surface area contributed by atoms with Crippen molar-refractivity contribution in [2.45, 2.75) is 32.5 Å². The van der Waals surface area contributed by atoms with Gasteiger partial charge >= 0.3 is 12.1 Å². The molecule has 0 radical (unpaired) electrons. The minimum Gasteiger partial charge on any atom is -0.478 e. The summed E-state index contributed by atoms with van der Waals surface area (Å²) in [4.78, 5) is 29.0. The van der Waals surface area contributed by atoms with Gasteiger partial charge in [-0.25, -0.2) is 4.79 Å². The first-order chi connectivity index (χ1) is 17.5. The van der Waals surface area contributed by atoms with Crippen molar-refractivity contribution in [3.63, 3.8) is 0 Å². The second-order valence-electron chi connectivity index (χ2n) is 9.00. The number of rotatable bonds is 5. The average Bonchev–Trinajstić information content (AvgIpc) is 3.27. The first kappa shape index (κ1) is 24.3. The minimum atomic E-state index is -4.94. The van der Waals surface area contributed by atoms with E-state index in [1.807, 2.05) is 0 Å². The first-order valence-corrected chi connectivity index (χ1v) is 11.5. The third-order valence-corrected chi connectivity index (χ3v) is 6.39. The van der Waals surface area contributed by atoms with E-state index < -0.39 is 34.9 Å². The van der Waals surface area contributed by atoms with Gasteiger partial charge in [-0.15, -0.1) is 0 Å². The normalized spacial score (nSPS) is 13.8. The number of aromatic carboxylic acids is 1. The maximum absolute atomic E-state index is 14.2. The molecule has 2 aromatic carbocycles. The van der Waals surface area contributed by atoms with Gasteiger partial charge in [0.25, 0.3) is 0 Å². The van der Waals surface area contributed by atoms with Gasteiger partial charge in [-0.2, -0.15) is 13.2 Å². The molecule has 1 aliphatic carbocycles. The van der Waals surface area contributed by atoms with Crippen molar-refractivity contribution in [2.24, 2.45) is 0 Å². The summed E-state index contributed by atoms with van der Waals surface area (Å²) in [6.45, 7) is 3.39. The van der Waals surface area contributed by atoms with Gasteiger partial charge < -0.3 is 14.8 Å². The van der Waals surface area contributed by atoms with E-state index in [9.17, 15) is 27.9 Å². The number of fused-ring (bicyclic) bond motifs is 2. The molecule has 1 aliphatic rings. The van der Waals surface area contributed by atoms with Crippen molar-refractivity contribution in [2.75, 3.05) is 5.32 Å². The number of anilines is 1. The van der Waals surface area contributed by atoms with Crippen LogP contribution in [-0.2, 0) is 12.6 Å². The number of aryl methyl sites for hydroxylation is 1. The van der Waals surface area contributed by atoms with Crippen LogP contribution in [0.3, 0.4) is 0 Å². The summed E-state index contributed by atoms with van der Waals surface area (Å²) in [7, 11) is 0. The van der Waals surface area contributed by atoms with Gasteiger partial charge in [0.1, 0.15) is 16.9 Å². The fourth-order valence-electron chi connectivity index (χ4n) is 4.70. The third kappa shape index (κ3) is 4.37. The highest BCUT2D eigenvalue weighted by molar-refractivity contribution is 5.94. The number of carboxylic acid groups (broad SMARTS) is 1. The van der Waals surface area contributed by atoms with Crippen molar-refractivity contribution in [1.29, 1.82) is 0 Å². The summed E-state index contributed by atoms with van der Waals surface area (Å²) < 4.78 is 48.6. The van der Waals surface area contributed by atoms with Crippen LogP contribution in [0.2, 0.25) is 0 Å². The number of aromatic nitrogens is 1. The standard InChI is InChI=1S/C28H21F3N2O4/c1-14-9-20(15(2)33-22-6-4-3-5-19(22)27(35)36)26-21(10-14)24(34)23(28(29,30)31)25(37-26)17-11-16-7-8-32-13-18(16)12-17/h3-10,12-13,15,33H,11H2,1-2H3,(H,35,36). The molecule has 0 aliphatic heterocycles. The number of benzene rings is 2. The molecule has 4 aromatic rings. The van der Waals surface area contributed by atoms with Crippen molar-refractivity contribution < 1.29 is 27.5 Å². The monoisotopic (exact) mass is 506 g/mol. The summed E-state index contributed by atoms with van der Waals surface area (Å²) in [6, 6.07) is 10.5. The second kappa shape index (κ2) is 8.92. The van der Waals surface area contributed by atoms with E-state index in [0.29, 0.717) is 22.4 Å². The number of pyridine rings is 1. The lowest BCUT2D eigenvalue weighted by Gasteiger charge is -2.20. The van der Waals surface area contributed by atoms with E-state index in [4.69, 9.17) is 4.42 Å². The predicted molar refractivity (Wildman–Crippen MR) is 133 cm³/mol. The molecule has 0 saturated heterocycles. The van der Waals surface area contributed by atoms with Gasteiger partial charge in [0.05, 0.1) is 17.0 Å². The lowest BCUT2D eigenvalue weighted by molar-refractivity contribution is -0.139. The molecule has 37 heavy (non-hydrogen) atoms. The molecule has 2 N–H and O–H groups in total. The van der Waals surface area contributed by atoms with Crippen LogP contribution < -0.4 is 10.7 Å². The van der Waals surface area contributed by atoms with Gasteiger partial charge in [0.15, 0.2) is 0 Å². The summed E-state index contributed by atoms with van der Waals surface area (Å²) in [6.07, 6.45) is -0.113. The highest BCUT2D eigenvalue weighted by Crippen LogP contribution is 2.40. The Morgan fingerprint density at radius 1 is 1.19 bits per heavy atom. The quantitative estimate of drug-likeness (QED) is 0.322. The maximum Gasteiger partial charge on any atom is 0.423 e. The molecule has 1 unspecified atom stereocenters. The number of nitrogens with one attached hydrogen (secondary N) is 1. The molecule has 0 spiro atoms. The molecule has 188 valence electrons. The van der Waals surface area contributed by atoms with Crippen LogP contribution in [0.1, 0.15) is 56.9 Å². The van der Waals surface area contributed by atoms with Crippen LogP contribution in [0.4, 0.5) is 18.9 Å². The number of hydrogen-bond acceptors (Lipinski definition) is 5. The molecule has 0 saturated carbocycles. The molecule has 0 bridgehead atoms. The van der Waals surface area contributed by atoms with E-state index in [1.165, 1.54) is 12.1 Å². The summed E-state index contributed by atoms with van der Waals surface area (Å²) >= 11 is 0. The van der Waals surface area contributed by atoms with Gasteiger partial charge in [-0.1, -0.05) is 18.2 Å². The SMILES string of the molecule is Cc1cc(C(C)Nc2ccccc2C(=O)O)c2oc(C3=Cc4cnccc4C3)c(C(F)(F)F)c(=O)c2c1. The Morgan fingerprint density at radius 3 is 2.65 bits per heavy atom. The highest BCUT2D eigenvalue weighted by atomic mass is 19.4. The molecule has 2 heterocycles. The molecule has 2 aromatic heterocycles. The fraction of sp³-hybridized carbons (Fsp3) is 0.179. The Balaban J connectivity index is 1.71. The highest BCUT2D eigenvalue weighted by Gasteiger charge is 2.41. The Kier molecular flexibility index (Phi) is 5.86. The van der Waals surface area contributed by atoms with Crippen molar-refractivity contribution in [1.82, 2.24) is 4.98 Å². The summed E-state index contributed by atoms with van der Waals surface area (Å²) in [5.41, 5.74) is 0.544. The van der Waals surface area contributed by atoms with E-state index in [1.54, 1.807) is 62.6 Å². The number of carbonyl (C=O) groups is 1. The number of para-hydroxylation sites is 1.